The van der Waals surface area contributed by atoms with Gasteiger partial charge in [0, 0.05) is 12.4 Å². The molecule has 0 amide bonds. The molecule has 2 aromatic rings. The molecule has 1 aromatic carbocycles. The first kappa shape index (κ1) is 16.5. The van der Waals surface area contributed by atoms with Crippen molar-refractivity contribution in [1.82, 2.24) is 9.88 Å². The molecular weight excluding hydrogens is 304 g/mol. The van der Waals surface area contributed by atoms with Crippen LogP contribution in [0, 0.1) is 0 Å². The van der Waals surface area contributed by atoms with Crippen molar-refractivity contribution in [2.75, 3.05) is 20.2 Å². The Labute approximate surface area is 141 Å². The zero-order valence-electron chi connectivity index (χ0n) is 13.8. The average molecular weight is 326 g/mol. The first-order chi connectivity index (χ1) is 11.7. The van der Waals surface area contributed by atoms with Crippen molar-refractivity contribution in [2.24, 2.45) is 0 Å². The zero-order valence-corrected chi connectivity index (χ0v) is 13.8. The molecule has 5 heteroatoms. The van der Waals surface area contributed by atoms with E-state index < -0.39 is 6.04 Å². The van der Waals surface area contributed by atoms with Crippen LogP contribution in [0.4, 0.5) is 0 Å². The number of methoxy groups -OCH3 is 1. The number of carbonyl (C=O) groups excluding carboxylic acids is 1. The Hall–Kier alpha value is -2.40. The Morgan fingerprint density at radius 1 is 1.25 bits per heavy atom. The lowest BCUT2D eigenvalue weighted by Gasteiger charge is -2.36. The van der Waals surface area contributed by atoms with Crippen molar-refractivity contribution in [1.29, 1.82) is 0 Å². The molecule has 0 bridgehead atoms. The molecule has 1 atom stereocenters. The van der Waals surface area contributed by atoms with Gasteiger partial charge in [-0.3, -0.25) is 9.88 Å². The van der Waals surface area contributed by atoms with E-state index in [0.29, 0.717) is 11.7 Å². The highest BCUT2D eigenvalue weighted by atomic mass is 16.5. The Balaban J connectivity index is 1.71. The van der Waals surface area contributed by atoms with E-state index in [1.54, 1.807) is 24.5 Å². The number of esters is 1. The van der Waals surface area contributed by atoms with Crippen molar-refractivity contribution in [2.45, 2.75) is 24.8 Å². The van der Waals surface area contributed by atoms with E-state index in [-0.39, 0.29) is 5.97 Å². The van der Waals surface area contributed by atoms with Gasteiger partial charge in [-0.2, -0.15) is 0 Å². The van der Waals surface area contributed by atoms with Crippen LogP contribution >= 0.6 is 0 Å². The van der Waals surface area contributed by atoms with Crippen molar-refractivity contribution in [3.05, 3.63) is 59.9 Å². The van der Waals surface area contributed by atoms with Gasteiger partial charge in [0.2, 0.25) is 0 Å². The monoisotopic (exact) mass is 326 g/mol. The summed E-state index contributed by atoms with van der Waals surface area (Å²) in [4.78, 5) is 18.6. The maximum absolute atomic E-state index is 12.3. The van der Waals surface area contributed by atoms with Gasteiger partial charge in [-0.05, 0) is 61.2 Å². The molecule has 2 heterocycles. The van der Waals surface area contributed by atoms with Crippen LogP contribution < -0.4 is 0 Å². The number of aromatic nitrogens is 1. The normalized spacial score (nSPS) is 17.4. The number of nitrogens with zero attached hydrogens (tertiary/aromatic N) is 2. The predicted octanol–water partition coefficient (Wildman–Crippen LogP) is 2.88. The molecule has 0 aliphatic carbocycles. The number of phenolic OH excluding ortho intramolecular Hbond substituents is 1. The minimum absolute atomic E-state index is 0.244. The number of carbonyl (C=O) groups is 1. The number of pyridine rings is 1. The van der Waals surface area contributed by atoms with E-state index in [1.807, 2.05) is 24.3 Å². The molecule has 1 aliphatic heterocycles. The third kappa shape index (κ3) is 3.57. The van der Waals surface area contributed by atoms with E-state index in [4.69, 9.17) is 4.74 Å². The van der Waals surface area contributed by atoms with E-state index >= 15 is 0 Å². The van der Waals surface area contributed by atoms with Crippen LogP contribution in [0.15, 0.2) is 48.8 Å². The third-order valence-electron chi connectivity index (χ3n) is 4.68. The van der Waals surface area contributed by atoms with Gasteiger partial charge < -0.3 is 9.84 Å². The van der Waals surface area contributed by atoms with Gasteiger partial charge in [0.05, 0.1) is 7.11 Å². The number of hydrogen-bond donors (Lipinski definition) is 1. The molecule has 1 N–H and O–H groups in total. The molecule has 0 saturated carbocycles. The first-order valence-corrected chi connectivity index (χ1v) is 8.20. The highest BCUT2D eigenvalue weighted by Crippen LogP contribution is 2.33. The molecule has 24 heavy (non-hydrogen) atoms. The summed E-state index contributed by atoms with van der Waals surface area (Å²) in [6.45, 7) is 1.64. The highest BCUT2D eigenvalue weighted by molar-refractivity contribution is 5.77. The maximum Gasteiger partial charge on any atom is 0.327 e. The zero-order chi connectivity index (χ0) is 16.9. The molecule has 1 aliphatic rings. The average Bonchev–Trinajstić information content (AvgIpc) is 2.64. The van der Waals surface area contributed by atoms with Gasteiger partial charge in [-0.15, -0.1) is 0 Å². The van der Waals surface area contributed by atoms with Crippen molar-refractivity contribution >= 4 is 5.97 Å². The van der Waals surface area contributed by atoms with Gasteiger partial charge in [-0.25, -0.2) is 4.79 Å². The summed E-state index contributed by atoms with van der Waals surface area (Å²) in [5.41, 5.74) is 2.11. The van der Waals surface area contributed by atoms with E-state index in [2.05, 4.69) is 9.88 Å². The number of rotatable bonds is 4. The quantitative estimate of drug-likeness (QED) is 0.875. The number of likely N-dealkylation sites (tertiary alicyclic amines) is 1. The predicted molar refractivity (Wildman–Crippen MR) is 90.6 cm³/mol. The van der Waals surface area contributed by atoms with Crippen molar-refractivity contribution < 1.29 is 14.6 Å². The van der Waals surface area contributed by atoms with Crippen LogP contribution in [-0.4, -0.2) is 41.2 Å². The molecule has 1 aromatic heterocycles. The van der Waals surface area contributed by atoms with Gasteiger partial charge in [0.1, 0.15) is 11.8 Å². The highest BCUT2D eigenvalue weighted by Gasteiger charge is 2.32. The van der Waals surface area contributed by atoms with E-state index in [0.717, 1.165) is 31.5 Å². The molecule has 5 nitrogen and oxygen atoms in total. The number of hydrogen-bond acceptors (Lipinski definition) is 5. The fourth-order valence-corrected chi connectivity index (χ4v) is 3.38. The van der Waals surface area contributed by atoms with E-state index in [9.17, 15) is 9.90 Å². The summed E-state index contributed by atoms with van der Waals surface area (Å²) in [5, 5.41) is 9.42. The maximum atomic E-state index is 12.3. The molecule has 0 radical (unpaired) electrons. The largest absolute Gasteiger partial charge is 0.508 e. The molecular formula is C19H22N2O3. The first-order valence-electron chi connectivity index (χ1n) is 8.20. The van der Waals surface area contributed by atoms with Crippen LogP contribution in [0.5, 0.6) is 5.75 Å². The molecule has 0 spiro atoms. The summed E-state index contributed by atoms with van der Waals surface area (Å²) < 4.78 is 5.01. The Kier molecular flexibility index (Phi) is 5.11. The molecule has 1 fully saturated rings. The fourth-order valence-electron chi connectivity index (χ4n) is 3.38. The second-order valence-corrected chi connectivity index (χ2v) is 6.11. The van der Waals surface area contributed by atoms with Crippen LogP contribution in [0.25, 0.3) is 0 Å². The molecule has 0 unspecified atom stereocenters. The number of aromatic hydroxyl groups is 1. The SMILES string of the molecule is COC(=O)[C@H](c1cccnc1)N1CCC(c2ccc(O)cc2)CC1. The Morgan fingerprint density at radius 3 is 2.54 bits per heavy atom. The summed E-state index contributed by atoms with van der Waals surface area (Å²) in [5.74, 6) is 0.499. The lowest BCUT2D eigenvalue weighted by Crippen LogP contribution is -2.40. The lowest BCUT2D eigenvalue weighted by atomic mass is 9.88. The standard InChI is InChI=1S/C19H22N2O3/c1-24-19(23)18(16-3-2-10-20-13-16)21-11-8-15(9-12-21)14-4-6-17(22)7-5-14/h2-7,10,13,15,18,22H,8-9,11-12H2,1H3/t18-/m0/s1. The smallest absolute Gasteiger partial charge is 0.327 e. The van der Waals surface area contributed by atoms with E-state index in [1.165, 1.54) is 12.7 Å². The van der Waals surface area contributed by atoms with Crippen LogP contribution in [0.2, 0.25) is 0 Å². The van der Waals surface area contributed by atoms with Crippen molar-refractivity contribution in [3.8, 4) is 5.75 Å². The van der Waals surface area contributed by atoms with Gasteiger partial charge in [-0.1, -0.05) is 18.2 Å². The second-order valence-electron chi connectivity index (χ2n) is 6.11. The number of phenols is 1. The van der Waals surface area contributed by atoms with Crippen LogP contribution in [-0.2, 0) is 9.53 Å². The number of ether oxygens (including phenoxy) is 1. The Morgan fingerprint density at radius 2 is 1.96 bits per heavy atom. The van der Waals surface area contributed by atoms with Gasteiger partial charge in [0.15, 0.2) is 0 Å². The van der Waals surface area contributed by atoms with Crippen LogP contribution in [0.3, 0.4) is 0 Å². The summed E-state index contributed by atoms with van der Waals surface area (Å²) in [6, 6.07) is 10.8. The minimum Gasteiger partial charge on any atom is -0.508 e. The molecule has 126 valence electrons. The fraction of sp³-hybridized carbons (Fsp3) is 0.368. The number of benzene rings is 1. The topological polar surface area (TPSA) is 62.7 Å². The van der Waals surface area contributed by atoms with Crippen LogP contribution in [0.1, 0.15) is 35.9 Å². The lowest BCUT2D eigenvalue weighted by molar-refractivity contribution is -0.147. The second kappa shape index (κ2) is 7.45. The Bertz CT molecular complexity index is 665. The molecule has 3 rings (SSSR count). The summed E-state index contributed by atoms with van der Waals surface area (Å²) in [7, 11) is 1.43. The minimum atomic E-state index is -0.399. The molecule has 1 saturated heterocycles. The van der Waals surface area contributed by atoms with Gasteiger partial charge >= 0.3 is 5.97 Å². The summed E-state index contributed by atoms with van der Waals surface area (Å²) in [6.07, 6.45) is 5.37. The van der Waals surface area contributed by atoms with Gasteiger partial charge in [0.25, 0.3) is 0 Å². The summed E-state index contributed by atoms with van der Waals surface area (Å²) >= 11 is 0. The third-order valence-corrected chi connectivity index (χ3v) is 4.68. The number of piperidine rings is 1. The van der Waals surface area contributed by atoms with Crippen molar-refractivity contribution in [3.63, 3.8) is 0 Å².